The van der Waals surface area contributed by atoms with Gasteiger partial charge in [-0.2, -0.15) is 0 Å². The zero-order valence-electron chi connectivity index (χ0n) is 18.2. The number of nitrogens with one attached hydrogen (secondary N) is 2. The van der Waals surface area contributed by atoms with Crippen LogP contribution in [0, 0.1) is 12.3 Å². The lowest BCUT2D eigenvalue weighted by molar-refractivity contribution is -0.149. The normalized spacial score (nSPS) is 12.2. The van der Waals surface area contributed by atoms with Gasteiger partial charge >= 0.3 is 0 Å². The van der Waals surface area contributed by atoms with Crippen LogP contribution < -0.4 is 10.8 Å². The van der Waals surface area contributed by atoms with Gasteiger partial charge in [0.25, 0.3) is 5.91 Å². The predicted octanol–water partition coefficient (Wildman–Crippen LogP) is 2.59. The van der Waals surface area contributed by atoms with E-state index in [0.717, 1.165) is 6.42 Å². The van der Waals surface area contributed by atoms with E-state index in [4.69, 9.17) is 5.21 Å². The molecular weight excluding hydrogens is 370 g/mol. The summed E-state index contributed by atoms with van der Waals surface area (Å²) in [5.41, 5.74) is 3.39. The second kappa shape index (κ2) is 11.6. The van der Waals surface area contributed by atoms with E-state index in [1.165, 1.54) is 23.0 Å². The van der Waals surface area contributed by atoms with Crippen molar-refractivity contribution in [3.05, 3.63) is 35.4 Å². The van der Waals surface area contributed by atoms with Gasteiger partial charge in [-0.15, -0.1) is 0 Å². The van der Waals surface area contributed by atoms with Crippen molar-refractivity contribution in [3.8, 4) is 0 Å². The largest absolute Gasteiger partial charge is 0.356 e. The molecule has 0 saturated heterocycles. The van der Waals surface area contributed by atoms with Crippen LogP contribution in [-0.4, -0.2) is 47.5 Å². The van der Waals surface area contributed by atoms with E-state index in [-0.39, 0.29) is 11.8 Å². The molecule has 1 atom stereocenters. The fourth-order valence-electron chi connectivity index (χ4n) is 3.24. The zero-order valence-corrected chi connectivity index (χ0v) is 18.2. The summed E-state index contributed by atoms with van der Waals surface area (Å²) < 4.78 is 0. The average Bonchev–Trinajstić information content (AvgIpc) is 2.68. The summed E-state index contributed by atoms with van der Waals surface area (Å²) in [6.45, 7) is 7.76. The number of hydroxylamine groups is 1. The van der Waals surface area contributed by atoms with E-state index in [2.05, 4.69) is 29.6 Å². The maximum atomic E-state index is 13.1. The molecule has 0 aliphatic carbocycles. The molecule has 1 aromatic rings. The summed E-state index contributed by atoms with van der Waals surface area (Å²) in [7, 11) is 1.60. The first kappa shape index (κ1) is 24.6. The van der Waals surface area contributed by atoms with Gasteiger partial charge in [-0.05, 0) is 44.6 Å². The summed E-state index contributed by atoms with van der Waals surface area (Å²) in [5.74, 6) is -0.841. The SMILES string of the molecule is CC(=O)NCCCC[C@H](C(=O)NO)N(C)C(=O)C(C)(C)CCc1ccc(C)cc1. The molecule has 1 aromatic carbocycles. The second-order valence-electron chi connectivity index (χ2n) is 8.26. The van der Waals surface area contributed by atoms with Gasteiger partial charge in [0.15, 0.2) is 0 Å². The van der Waals surface area contributed by atoms with Gasteiger partial charge in [-0.3, -0.25) is 19.6 Å². The smallest absolute Gasteiger partial charge is 0.266 e. The maximum Gasteiger partial charge on any atom is 0.266 e. The highest BCUT2D eigenvalue weighted by atomic mass is 16.5. The van der Waals surface area contributed by atoms with Gasteiger partial charge in [-0.25, -0.2) is 5.48 Å². The summed E-state index contributed by atoms with van der Waals surface area (Å²) in [4.78, 5) is 37.6. The standard InChI is InChI=1S/C22H35N3O4/c1-16-9-11-18(12-10-16)13-14-22(3,4)21(28)25(5)19(20(27)24-29)8-6-7-15-23-17(2)26/h9-12,19,29H,6-8,13-15H2,1-5H3,(H,23,26)(H,24,27)/t19-/m1/s1. The van der Waals surface area contributed by atoms with Crippen LogP contribution in [0.4, 0.5) is 0 Å². The number of unbranched alkanes of at least 4 members (excludes halogenated alkanes) is 1. The molecule has 0 saturated carbocycles. The highest BCUT2D eigenvalue weighted by Gasteiger charge is 2.35. The Hall–Kier alpha value is -2.41. The molecule has 3 N–H and O–H groups in total. The Balaban J connectivity index is 2.70. The van der Waals surface area contributed by atoms with Gasteiger partial charge in [0.05, 0.1) is 0 Å². The Kier molecular flexibility index (Phi) is 9.81. The Bertz CT molecular complexity index is 686. The molecule has 7 heteroatoms. The summed E-state index contributed by atoms with van der Waals surface area (Å²) in [6, 6.07) is 7.48. The first-order valence-electron chi connectivity index (χ1n) is 10.1. The third-order valence-corrected chi connectivity index (χ3v) is 5.22. The molecule has 0 radical (unpaired) electrons. The maximum absolute atomic E-state index is 13.1. The molecule has 0 aliphatic heterocycles. The molecule has 0 aromatic heterocycles. The number of nitrogens with zero attached hydrogens (tertiary/aromatic N) is 1. The molecule has 29 heavy (non-hydrogen) atoms. The van der Waals surface area contributed by atoms with Gasteiger partial charge in [0, 0.05) is 25.9 Å². The minimum Gasteiger partial charge on any atom is -0.356 e. The molecule has 0 bridgehead atoms. The van der Waals surface area contributed by atoms with Crippen LogP contribution in [0.25, 0.3) is 0 Å². The molecule has 0 aliphatic rings. The topological polar surface area (TPSA) is 98.7 Å². The Labute approximate surface area is 173 Å². The lowest BCUT2D eigenvalue weighted by Crippen LogP contribution is -2.51. The van der Waals surface area contributed by atoms with Crippen molar-refractivity contribution in [2.45, 2.75) is 65.8 Å². The number of benzene rings is 1. The number of hydrogen-bond acceptors (Lipinski definition) is 4. The van der Waals surface area contributed by atoms with Crippen LogP contribution in [0.1, 0.15) is 57.6 Å². The lowest BCUT2D eigenvalue weighted by Gasteiger charge is -2.34. The monoisotopic (exact) mass is 405 g/mol. The Morgan fingerprint density at radius 2 is 1.76 bits per heavy atom. The molecule has 1 rings (SSSR count). The molecule has 0 heterocycles. The van der Waals surface area contributed by atoms with Crippen LogP contribution in [0.5, 0.6) is 0 Å². The van der Waals surface area contributed by atoms with E-state index in [1.807, 2.05) is 20.8 Å². The van der Waals surface area contributed by atoms with E-state index in [0.29, 0.717) is 32.2 Å². The molecular formula is C22H35N3O4. The van der Waals surface area contributed by atoms with E-state index in [1.54, 1.807) is 12.5 Å². The number of amides is 3. The number of likely N-dealkylation sites (N-methyl/N-ethyl adjacent to an activating group) is 1. The number of carbonyl (C=O) groups is 3. The lowest BCUT2D eigenvalue weighted by atomic mass is 9.84. The average molecular weight is 406 g/mol. The van der Waals surface area contributed by atoms with Crippen molar-refractivity contribution in [2.75, 3.05) is 13.6 Å². The van der Waals surface area contributed by atoms with Crippen LogP contribution in [0.15, 0.2) is 24.3 Å². The van der Waals surface area contributed by atoms with Crippen molar-refractivity contribution in [3.63, 3.8) is 0 Å². The van der Waals surface area contributed by atoms with Gasteiger partial charge in [-0.1, -0.05) is 43.7 Å². The molecule has 7 nitrogen and oxygen atoms in total. The van der Waals surface area contributed by atoms with Crippen LogP contribution in [0.2, 0.25) is 0 Å². The first-order chi connectivity index (χ1) is 13.6. The highest BCUT2D eigenvalue weighted by Crippen LogP contribution is 2.27. The summed E-state index contributed by atoms with van der Waals surface area (Å²) in [5, 5.41) is 11.8. The summed E-state index contributed by atoms with van der Waals surface area (Å²) >= 11 is 0. The molecule has 0 fully saturated rings. The Morgan fingerprint density at radius 1 is 1.14 bits per heavy atom. The molecule has 0 spiro atoms. The minimum absolute atomic E-state index is 0.0997. The third kappa shape index (κ3) is 8.23. The highest BCUT2D eigenvalue weighted by molar-refractivity contribution is 5.89. The predicted molar refractivity (Wildman–Crippen MR) is 112 cm³/mol. The fourth-order valence-corrected chi connectivity index (χ4v) is 3.24. The van der Waals surface area contributed by atoms with Crippen molar-refractivity contribution in [1.82, 2.24) is 15.7 Å². The number of aryl methyl sites for hydroxylation is 2. The van der Waals surface area contributed by atoms with Gasteiger partial charge in [0.2, 0.25) is 11.8 Å². The number of hydrogen-bond donors (Lipinski definition) is 3. The third-order valence-electron chi connectivity index (χ3n) is 5.22. The quantitative estimate of drug-likeness (QED) is 0.299. The molecule has 162 valence electrons. The van der Waals surface area contributed by atoms with Crippen molar-refractivity contribution < 1.29 is 19.6 Å². The van der Waals surface area contributed by atoms with Crippen molar-refractivity contribution in [2.24, 2.45) is 5.41 Å². The van der Waals surface area contributed by atoms with Gasteiger partial charge < -0.3 is 10.2 Å². The molecule has 3 amide bonds. The van der Waals surface area contributed by atoms with Crippen molar-refractivity contribution in [1.29, 1.82) is 0 Å². The van der Waals surface area contributed by atoms with E-state index >= 15 is 0 Å². The fraction of sp³-hybridized carbons (Fsp3) is 0.591. The number of rotatable bonds is 11. The van der Waals surface area contributed by atoms with Crippen LogP contribution in [-0.2, 0) is 20.8 Å². The Morgan fingerprint density at radius 3 is 2.31 bits per heavy atom. The van der Waals surface area contributed by atoms with Crippen molar-refractivity contribution >= 4 is 17.7 Å². The van der Waals surface area contributed by atoms with Gasteiger partial charge in [0.1, 0.15) is 6.04 Å². The molecule has 0 unspecified atom stereocenters. The van der Waals surface area contributed by atoms with Crippen LogP contribution >= 0.6 is 0 Å². The number of carbonyl (C=O) groups excluding carboxylic acids is 3. The summed E-state index contributed by atoms with van der Waals surface area (Å²) in [6.07, 6.45) is 3.14. The minimum atomic E-state index is -0.761. The van der Waals surface area contributed by atoms with E-state index < -0.39 is 17.4 Å². The second-order valence-corrected chi connectivity index (χ2v) is 8.26. The zero-order chi connectivity index (χ0) is 22.0. The van der Waals surface area contributed by atoms with E-state index in [9.17, 15) is 14.4 Å². The van der Waals surface area contributed by atoms with Crippen LogP contribution in [0.3, 0.4) is 0 Å². The first-order valence-corrected chi connectivity index (χ1v) is 10.1.